The van der Waals surface area contributed by atoms with Crippen molar-refractivity contribution in [1.29, 1.82) is 0 Å². The van der Waals surface area contributed by atoms with E-state index in [0.717, 1.165) is 23.6 Å². The van der Waals surface area contributed by atoms with Gasteiger partial charge in [0.2, 0.25) is 0 Å². The smallest absolute Gasteiger partial charge is 0.129 e. The third-order valence-electron chi connectivity index (χ3n) is 2.84. The highest BCUT2D eigenvalue weighted by molar-refractivity contribution is 5.43. The topological polar surface area (TPSA) is 45.6 Å². The molecule has 0 unspecified atom stereocenters. The largest absolute Gasteiger partial charge is 0.392 e. The molecule has 4 heteroatoms. The normalized spacial score (nSPS) is 11.7. The first-order chi connectivity index (χ1) is 8.38. The number of methoxy groups -OCH3 is 1. The predicted molar refractivity (Wildman–Crippen MR) is 74.0 cm³/mol. The van der Waals surface area contributed by atoms with Gasteiger partial charge in [-0.1, -0.05) is 20.8 Å². The highest BCUT2D eigenvalue weighted by atomic mass is 16.5. The minimum atomic E-state index is -0.0258. The van der Waals surface area contributed by atoms with Crippen LogP contribution >= 0.6 is 0 Å². The molecule has 1 heterocycles. The monoisotopic (exact) mass is 252 g/mol. The van der Waals surface area contributed by atoms with Crippen LogP contribution in [-0.2, 0) is 16.8 Å². The summed E-state index contributed by atoms with van der Waals surface area (Å²) >= 11 is 0. The number of pyridine rings is 1. The fraction of sp³-hybridized carbons (Fsp3) is 0.643. The summed E-state index contributed by atoms with van der Waals surface area (Å²) in [6.07, 6.45) is 0. The average molecular weight is 252 g/mol. The van der Waals surface area contributed by atoms with Crippen LogP contribution < -0.4 is 4.90 Å². The average Bonchev–Trinajstić information content (AvgIpc) is 2.34. The van der Waals surface area contributed by atoms with Crippen molar-refractivity contribution in [2.75, 3.05) is 32.2 Å². The Labute approximate surface area is 110 Å². The van der Waals surface area contributed by atoms with E-state index in [9.17, 15) is 5.11 Å². The van der Waals surface area contributed by atoms with E-state index in [0.29, 0.717) is 6.61 Å². The second-order valence-electron chi connectivity index (χ2n) is 5.54. The molecule has 0 aromatic carbocycles. The first-order valence-corrected chi connectivity index (χ1v) is 6.21. The summed E-state index contributed by atoms with van der Waals surface area (Å²) < 4.78 is 5.07. The summed E-state index contributed by atoms with van der Waals surface area (Å²) in [4.78, 5) is 6.70. The van der Waals surface area contributed by atoms with E-state index >= 15 is 0 Å². The quantitative estimate of drug-likeness (QED) is 0.870. The summed E-state index contributed by atoms with van der Waals surface area (Å²) in [6.45, 7) is 7.84. The van der Waals surface area contributed by atoms with Gasteiger partial charge in [-0.3, -0.25) is 0 Å². The molecule has 0 spiro atoms. The molecule has 0 radical (unpaired) electrons. The van der Waals surface area contributed by atoms with Crippen molar-refractivity contribution in [3.63, 3.8) is 0 Å². The van der Waals surface area contributed by atoms with Crippen LogP contribution in [0.5, 0.6) is 0 Å². The number of rotatable bonds is 5. The highest BCUT2D eigenvalue weighted by Gasteiger charge is 2.18. The van der Waals surface area contributed by atoms with Crippen LogP contribution in [0.3, 0.4) is 0 Å². The maximum Gasteiger partial charge on any atom is 0.129 e. The number of anilines is 1. The fourth-order valence-corrected chi connectivity index (χ4v) is 1.58. The standard InChI is InChI=1S/C14H24N2O2/c1-14(2,3)12-8-11(10-17)9-13(15-12)16(4)6-7-18-5/h8-9,17H,6-7,10H2,1-5H3. The Bertz CT molecular complexity index is 386. The molecule has 0 fully saturated rings. The zero-order chi connectivity index (χ0) is 13.8. The van der Waals surface area contributed by atoms with Gasteiger partial charge >= 0.3 is 0 Å². The molecule has 102 valence electrons. The second-order valence-corrected chi connectivity index (χ2v) is 5.54. The van der Waals surface area contributed by atoms with Gasteiger partial charge in [0.25, 0.3) is 0 Å². The second kappa shape index (κ2) is 6.16. The first kappa shape index (κ1) is 14.9. The van der Waals surface area contributed by atoms with E-state index in [2.05, 4.69) is 25.8 Å². The molecular weight excluding hydrogens is 228 g/mol. The molecule has 0 aliphatic heterocycles. The van der Waals surface area contributed by atoms with E-state index < -0.39 is 0 Å². The number of hydrogen-bond acceptors (Lipinski definition) is 4. The number of aliphatic hydroxyl groups is 1. The third-order valence-corrected chi connectivity index (χ3v) is 2.84. The van der Waals surface area contributed by atoms with E-state index in [1.165, 1.54) is 0 Å². The number of aromatic nitrogens is 1. The minimum Gasteiger partial charge on any atom is -0.392 e. The molecule has 0 atom stereocenters. The lowest BCUT2D eigenvalue weighted by molar-refractivity contribution is 0.206. The Hall–Kier alpha value is -1.13. The summed E-state index contributed by atoms with van der Waals surface area (Å²) in [6, 6.07) is 3.89. The molecule has 0 amide bonds. The van der Waals surface area contributed by atoms with E-state index in [1.807, 2.05) is 24.1 Å². The molecule has 0 aliphatic rings. The van der Waals surface area contributed by atoms with Crippen LogP contribution in [0.2, 0.25) is 0 Å². The van der Waals surface area contributed by atoms with Crippen LogP contribution in [0.15, 0.2) is 12.1 Å². The SMILES string of the molecule is COCCN(C)c1cc(CO)cc(C(C)(C)C)n1. The van der Waals surface area contributed by atoms with Crippen LogP contribution in [-0.4, -0.2) is 37.4 Å². The molecule has 1 aromatic heterocycles. The van der Waals surface area contributed by atoms with E-state index in [-0.39, 0.29) is 12.0 Å². The molecule has 0 saturated carbocycles. The van der Waals surface area contributed by atoms with Crippen molar-refractivity contribution in [1.82, 2.24) is 4.98 Å². The Morgan fingerprint density at radius 1 is 1.33 bits per heavy atom. The van der Waals surface area contributed by atoms with Gasteiger partial charge in [0.05, 0.1) is 13.2 Å². The maximum atomic E-state index is 9.34. The van der Waals surface area contributed by atoms with Crippen molar-refractivity contribution >= 4 is 5.82 Å². The molecule has 1 rings (SSSR count). The third kappa shape index (κ3) is 3.96. The predicted octanol–water partition coefficient (Wildman–Crippen LogP) is 1.95. The van der Waals surface area contributed by atoms with Crippen molar-refractivity contribution in [2.24, 2.45) is 0 Å². The zero-order valence-corrected chi connectivity index (χ0v) is 12.0. The van der Waals surface area contributed by atoms with Crippen molar-refractivity contribution < 1.29 is 9.84 Å². The lowest BCUT2D eigenvalue weighted by Gasteiger charge is -2.23. The van der Waals surface area contributed by atoms with Crippen molar-refractivity contribution in [2.45, 2.75) is 32.8 Å². The van der Waals surface area contributed by atoms with E-state index in [4.69, 9.17) is 4.74 Å². The van der Waals surface area contributed by atoms with Crippen LogP contribution in [0.1, 0.15) is 32.0 Å². The summed E-state index contributed by atoms with van der Waals surface area (Å²) in [5.41, 5.74) is 1.87. The van der Waals surface area contributed by atoms with Gasteiger partial charge in [0.15, 0.2) is 0 Å². The van der Waals surface area contributed by atoms with Crippen molar-refractivity contribution in [3.05, 3.63) is 23.4 Å². The van der Waals surface area contributed by atoms with Gasteiger partial charge < -0.3 is 14.7 Å². The lowest BCUT2D eigenvalue weighted by Crippen LogP contribution is -2.25. The molecule has 0 bridgehead atoms. The molecular formula is C14H24N2O2. The highest BCUT2D eigenvalue weighted by Crippen LogP contribution is 2.24. The Balaban J connectivity index is 3.04. The molecule has 4 nitrogen and oxygen atoms in total. The molecule has 0 saturated heterocycles. The first-order valence-electron chi connectivity index (χ1n) is 6.21. The summed E-state index contributed by atoms with van der Waals surface area (Å²) in [5, 5.41) is 9.34. The molecule has 1 aromatic rings. The van der Waals surface area contributed by atoms with Gasteiger partial charge in [0.1, 0.15) is 5.82 Å². The van der Waals surface area contributed by atoms with E-state index in [1.54, 1.807) is 7.11 Å². The fourth-order valence-electron chi connectivity index (χ4n) is 1.58. The van der Waals surface area contributed by atoms with Crippen molar-refractivity contribution in [3.8, 4) is 0 Å². The molecule has 1 N–H and O–H groups in total. The molecule has 18 heavy (non-hydrogen) atoms. The summed E-state index contributed by atoms with van der Waals surface area (Å²) in [5.74, 6) is 0.878. The summed E-state index contributed by atoms with van der Waals surface area (Å²) in [7, 11) is 3.67. The Morgan fingerprint density at radius 3 is 2.50 bits per heavy atom. The number of ether oxygens (including phenoxy) is 1. The zero-order valence-electron chi connectivity index (χ0n) is 12.0. The number of likely N-dealkylation sites (N-methyl/N-ethyl adjacent to an activating group) is 1. The van der Waals surface area contributed by atoms with Crippen LogP contribution in [0.4, 0.5) is 5.82 Å². The van der Waals surface area contributed by atoms with Gasteiger partial charge in [-0.2, -0.15) is 0 Å². The van der Waals surface area contributed by atoms with Gasteiger partial charge in [-0.15, -0.1) is 0 Å². The van der Waals surface area contributed by atoms with Crippen LogP contribution in [0.25, 0.3) is 0 Å². The number of aliphatic hydroxyl groups excluding tert-OH is 1. The van der Waals surface area contributed by atoms with Gasteiger partial charge in [0, 0.05) is 31.8 Å². The van der Waals surface area contributed by atoms with Gasteiger partial charge in [-0.05, 0) is 17.7 Å². The Kier molecular flexibility index (Phi) is 5.11. The number of nitrogens with zero attached hydrogens (tertiary/aromatic N) is 2. The van der Waals surface area contributed by atoms with Crippen LogP contribution in [0, 0.1) is 0 Å². The Morgan fingerprint density at radius 2 is 2.00 bits per heavy atom. The lowest BCUT2D eigenvalue weighted by atomic mass is 9.91. The minimum absolute atomic E-state index is 0.0258. The molecule has 0 aliphatic carbocycles. The number of hydrogen-bond donors (Lipinski definition) is 1. The maximum absolute atomic E-state index is 9.34. The van der Waals surface area contributed by atoms with Gasteiger partial charge in [-0.25, -0.2) is 4.98 Å².